The van der Waals surface area contributed by atoms with Gasteiger partial charge >= 0.3 is 0 Å². The second-order valence-corrected chi connectivity index (χ2v) is 5.96. The van der Waals surface area contributed by atoms with E-state index in [4.69, 9.17) is 11.5 Å². The molecule has 0 aliphatic rings. The summed E-state index contributed by atoms with van der Waals surface area (Å²) in [5.41, 5.74) is 15.0. The molecule has 0 radical (unpaired) electrons. The van der Waals surface area contributed by atoms with E-state index in [0.717, 1.165) is 16.7 Å². The molecule has 0 bridgehead atoms. The van der Waals surface area contributed by atoms with Crippen LogP contribution in [0.5, 0.6) is 0 Å². The third-order valence-corrected chi connectivity index (χ3v) is 4.39. The molecule has 0 saturated carbocycles. The number of benzene rings is 2. The zero-order valence-electron chi connectivity index (χ0n) is 13.0. The number of nitrogens with zero attached hydrogens (tertiary/aromatic N) is 3. The minimum absolute atomic E-state index is 0.0500. The normalized spacial score (nSPS) is 10.3. The molecule has 1 aromatic heterocycles. The largest absolute Gasteiger partial charge is 0.382 e. The van der Waals surface area contributed by atoms with E-state index >= 15 is 0 Å². The maximum absolute atomic E-state index is 9.43. The Morgan fingerprint density at radius 1 is 0.958 bits per heavy atom. The number of hydrogen-bond acceptors (Lipinski definition) is 6. The van der Waals surface area contributed by atoms with Crippen molar-refractivity contribution in [3.8, 4) is 28.5 Å². The van der Waals surface area contributed by atoms with Crippen molar-refractivity contribution in [2.45, 2.75) is 4.90 Å². The van der Waals surface area contributed by atoms with Crippen molar-refractivity contribution in [2.75, 3.05) is 17.7 Å². The van der Waals surface area contributed by atoms with Gasteiger partial charge in [-0.05, 0) is 29.5 Å². The first-order valence-corrected chi connectivity index (χ1v) is 8.43. The number of aromatic nitrogens is 2. The summed E-state index contributed by atoms with van der Waals surface area (Å²) in [4.78, 5) is 9.31. The van der Waals surface area contributed by atoms with Gasteiger partial charge in [0.25, 0.3) is 0 Å². The molecule has 0 saturated heterocycles. The maximum Gasteiger partial charge on any atom is 0.222 e. The average molecular weight is 333 g/mol. The highest BCUT2D eigenvalue weighted by molar-refractivity contribution is 7.98. The summed E-state index contributed by atoms with van der Waals surface area (Å²) in [6.45, 7) is 0. The number of nitrogens with two attached hydrogens (primary N) is 2. The highest BCUT2D eigenvalue weighted by atomic mass is 32.2. The lowest BCUT2D eigenvalue weighted by Gasteiger charge is -2.12. The van der Waals surface area contributed by atoms with E-state index in [1.165, 1.54) is 4.90 Å². The van der Waals surface area contributed by atoms with Crippen molar-refractivity contribution in [3.05, 3.63) is 54.1 Å². The third kappa shape index (κ3) is 2.90. The summed E-state index contributed by atoms with van der Waals surface area (Å²) in [6.07, 6.45) is 2.04. The van der Waals surface area contributed by atoms with Crippen molar-refractivity contribution in [3.63, 3.8) is 0 Å². The monoisotopic (exact) mass is 333 g/mol. The van der Waals surface area contributed by atoms with Gasteiger partial charge < -0.3 is 11.5 Å². The number of rotatable bonds is 3. The molecule has 1 heterocycles. The van der Waals surface area contributed by atoms with E-state index in [9.17, 15) is 5.26 Å². The minimum atomic E-state index is 0.0500. The van der Waals surface area contributed by atoms with Gasteiger partial charge in [-0.15, -0.1) is 11.8 Å². The molecule has 4 N–H and O–H groups in total. The van der Waals surface area contributed by atoms with E-state index in [1.807, 2.05) is 42.7 Å². The van der Waals surface area contributed by atoms with Crippen LogP contribution in [0.1, 0.15) is 5.56 Å². The first-order chi connectivity index (χ1) is 11.6. The molecule has 118 valence electrons. The summed E-state index contributed by atoms with van der Waals surface area (Å²) < 4.78 is 0. The van der Waals surface area contributed by atoms with Gasteiger partial charge in [0.1, 0.15) is 17.5 Å². The minimum Gasteiger partial charge on any atom is -0.382 e. The van der Waals surface area contributed by atoms with Crippen molar-refractivity contribution in [2.24, 2.45) is 0 Å². The summed E-state index contributed by atoms with van der Waals surface area (Å²) in [7, 11) is 0. The molecule has 3 rings (SSSR count). The van der Waals surface area contributed by atoms with E-state index in [0.29, 0.717) is 5.69 Å². The number of hydrogen-bond donors (Lipinski definition) is 2. The van der Waals surface area contributed by atoms with Crippen molar-refractivity contribution >= 4 is 23.5 Å². The molecule has 2 aromatic carbocycles. The quantitative estimate of drug-likeness (QED) is 0.710. The molecule has 0 aliphatic heterocycles. The molecule has 0 amide bonds. The van der Waals surface area contributed by atoms with E-state index in [2.05, 4.69) is 28.2 Å². The zero-order valence-corrected chi connectivity index (χ0v) is 13.8. The van der Waals surface area contributed by atoms with Crippen LogP contribution in [-0.4, -0.2) is 16.2 Å². The van der Waals surface area contributed by atoms with E-state index in [1.54, 1.807) is 11.8 Å². The maximum atomic E-state index is 9.43. The Bertz CT molecular complexity index is 929. The third-order valence-electron chi connectivity index (χ3n) is 3.65. The van der Waals surface area contributed by atoms with Crippen LogP contribution in [0.2, 0.25) is 0 Å². The Morgan fingerprint density at radius 2 is 1.62 bits per heavy atom. The Hall–Kier alpha value is -3.04. The average Bonchev–Trinajstić information content (AvgIpc) is 2.61. The van der Waals surface area contributed by atoms with Crippen LogP contribution in [0.15, 0.2) is 53.4 Å². The number of nitriles is 1. The second-order valence-electron chi connectivity index (χ2n) is 5.08. The second kappa shape index (κ2) is 6.60. The van der Waals surface area contributed by atoms with Crippen LogP contribution in [0.3, 0.4) is 0 Å². The molecule has 5 nitrogen and oxygen atoms in total. The summed E-state index contributed by atoms with van der Waals surface area (Å²) in [6, 6.07) is 18.0. The molecule has 0 aliphatic carbocycles. The van der Waals surface area contributed by atoms with E-state index in [-0.39, 0.29) is 17.3 Å². The topological polar surface area (TPSA) is 102 Å². The van der Waals surface area contributed by atoms with Crippen molar-refractivity contribution < 1.29 is 0 Å². The number of nitrogen functional groups attached to an aromatic ring is 2. The van der Waals surface area contributed by atoms with Crippen LogP contribution < -0.4 is 11.5 Å². The van der Waals surface area contributed by atoms with Gasteiger partial charge in [-0.2, -0.15) is 10.2 Å². The lowest BCUT2D eigenvalue weighted by molar-refractivity contribution is 1.18. The fourth-order valence-corrected chi connectivity index (χ4v) is 2.92. The molecule has 24 heavy (non-hydrogen) atoms. The Morgan fingerprint density at radius 3 is 2.25 bits per heavy atom. The fraction of sp³-hybridized carbons (Fsp3) is 0.0556. The number of thioether (sulfide) groups is 1. The van der Waals surface area contributed by atoms with E-state index < -0.39 is 0 Å². The Balaban J connectivity index is 2.22. The summed E-state index contributed by atoms with van der Waals surface area (Å²) in [5, 5.41) is 9.43. The molecule has 0 atom stereocenters. The molecule has 0 spiro atoms. The molecular weight excluding hydrogens is 318 g/mol. The van der Waals surface area contributed by atoms with Crippen molar-refractivity contribution in [1.82, 2.24) is 9.97 Å². The van der Waals surface area contributed by atoms with Crippen LogP contribution in [0.4, 0.5) is 11.8 Å². The van der Waals surface area contributed by atoms with Crippen LogP contribution in [-0.2, 0) is 0 Å². The van der Waals surface area contributed by atoms with Gasteiger partial charge in [0, 0.05) is 10.5 Å². The molecule has 3 aromatic rings. The van der Waals surface area contributed by atoms with Gasteiger partial charge in [0.15, 0.2) is 0 Å². The fourth-order valence-electron chi connectivity index (χ4n) is 2.51. The summed E-state index contributed by atoms with van der Waals surface area (Å²) in [5.74, 6) is 0.140. The van der Waals surface area contributed by atoms with Gasteiger partial charge in [0.2, 0.25) is 5.95 Å². The van der Waals surface area contributed by atoms with Gasteiger partial charge in [0.05, 0.1) is 5.69 Å². The first kappa shape index (κ1) is 15.8. The molecule has 0 fully saturated rings. The first-order valence-electron chi connectivity index (χ1n) is 7.21. The van der Waals surface area contributed by atoms with Crippen LogP contribution in [0, 0.1) is 11.3 Å². The van der Waals surface area contributed by atoms with Crippen LogP contribution >= 0.6 is 11.8 Å². The molecule has 6 heteroatoms. The lowest BCUT2D eigenvalue weighted by atomic mass is 9.95. The van der Waals surface area contributed by atoms with Crippen molar-refractivity contribution in [1.29, 1.82) is 5.26 Å². The highest BCUT2D eigenvalue weighted by Crippen LogP contribution is 2.34. The molecular formula is C18H15N5S. The molecule has 0 unspecified atom stereocenters. The smallest absolute Gasteiger partial charge is 0.222 e. The lowest BCUT2D eigenvalue weighted by Crippen LogP contribution is -2.05. The van der Waals surface area contributed by atoms with Gasteiger partial charge in [-0.25, -0.2) is 4.98 Å². The zero-order chi connectivity index (χ0) is 17.1. The Labute approximate surface area is 144 Å². The standard InChI is InChI=1S/C18H15N5S/c1-24-12-8-6-11(7-9-12)13-4-2-3-5-14(13)16-15(10-19)17(20)23-18(21)22-16/h2-9H,1H3,(H4,20,21,22,23). The summed E-state index contributed by atoms with van der Waals surface area (Å²) >= 11 is 1.69. The Kier molecular flexibility index (Phi) is 4.36. The predicted octanol–water partition coefficient (Wildman–Crippen LogP) is 3.57. The number of anilines is 2. The van der Waals surface area contributed by atoms with Gasteiger partial charge in [-0.3, -0.25) is 0 Å². The predicted molar refractivity (Wildman–Crippen MR) is 98.2 cm³/mol. The van der Waals surface area contributed by atoms with Gasteiger partial charge in [-0.1, -0.05) is 36.4 Å². The van der Waals surface area contributed by atoms with Crippen LogP contribution in [0.25, 0.3) is 22.4 Å². The highest BCUT2D eigenvalue weighted by Gasteiger charge is 2.16. The SMILES string of the molecule is CSc1ccc(-c2ccccc2-c2nc(N)nc(N)c2C#N)cc1.